The number of benzene rings is 1. The van der Waals surface area contributed by atoms with E-state index in [9.17, 15) is 9.59 Å². The Balaban J connectivity index is 1.52. The van der Waals surface area contributed by atoms with E-state index < -0.39 is 0 Å². The van der Waals surface area contributed by atoms with Crippen molar-refractivity contribution in [2.45, 2.75) is 70.0 Å². The molecule has 1 saturated carbocycles. The van der Waals surface area contributed by atoms with Crippen LogP contribution in [-0.4, -0.2) is 42.5 Å². The molecule has 2 amide bonds. The van der Waals surface area contributed by atoms with Crippen molar-refractivity contribution >= 4 is 17.5 Å². The minimum Gasteiger partial charge on any atom is -0.354 e. The lowest BCUT2D eigenvalue weighted by molar-refractivity contribution is 0.0719. The molecule has 1 aromatic carbocycles. The molecule has 26 heavy (non-hydrogen) atoms. The number of nitrogens with zero attached hydrogens (tertiary/aromatic N) is 2. The normalized spacial score (nSPS) is 23.9. The second-order valence-corrected chi connectivity index (χ2v) is 7.98. The summed E-state index contributed by atoms with van der Waals surface area (Å²) in [5, 5.41) is 3.23. The maximum Gasteiger partial charge on any atom is 0.257 e. The molecular weight excluding hydrogens is 326 g/mol. The molecule has 0 spiro atoms. The molecule has 1 atom stereocenters. The summed E-state index contributed by atoms with van der Waals surface area (Å²) in [6.45, 7) is 0.831. The van der Waals surface area contributed by atoms with Gasteiger partial charge in [0.05, 0.1) is 11.3 Å². The van der Waals surface area contributed by atoms with Gasteiger partial charge in [0, 0.05) is 25.2 Å². The molecule has 0 bridgehead atoms. The number of fused-ring (bicyclic) bond motifs is 2. The molecule has 1 N–H and O–H groups in total. The molecule has 2 heterocycles. The van der Waals surface area contributed by atoms with E-state index in [1.165, 1.54) is 32.1 Å². The van der Waals surface area contributed by atoms with Crippen LogP contribution in [0.5, 0.6) is 0 Å². The number of carbonyl (C=O) groups excluding carboxylic acids is 2. The van der Waals surface area contributed by atoms with Gasteiger partial charge in [0.25, 0.3) is 11.8 Å². The fraction of sp³-hybridized carbons (Fsp3) is 0.619. The molecule has 2 aliphatic heterocycles. The van der Waals surface area contributed by atoms with E-state index in [2.05, 4.69) is 10.2 Å². The topological polar surface area (TPSA) is 52.7 Å². The molecule has 0 aromatic heterocycles. The first kappa shape index (κ1) is 17.4. The van der Waals surface area contributed by atoms with Crippen molar-refractivity contribution in [3.05, 3.63) is 29.3 Å². The van der Waals surface area contributed by atoms with Crippen LogP contribution in [0.25, 0.3) is 0 Å². The summed E-state index contributed by atoms with van der Waals surface area (Å²) in [7, 11) is 2.03. The van der Waals surface area contributed by atoms with E-state index in [0.717, 1.165) is 37.9 Å². The SMILES string of the molecule is CN1c2cc(C(=O)NC3CCCCCCC3)ccc2C(=O)N2CCC[C@H]21. The number of rotatable bonds is 2. The first-order chi connectivity index (χ1) is 12.6. The Morgan fingerprint density at radius 1 is 1.04 bits per heavy atom. The van der Waals surface area contributed by atoms with Gasteiger partial charge in [-0.2, -0.15) is 0 Å². The lowest BCUT2D eigenvalue weighted by Crippen LogP contribution is -2.50. The Hall–Kier alpha value is -2.04. The van der Waals surface area contributed by atoms with Crippen LogP contribution < -0.4 is 10.2 Å². The van der Waals surface area contributed by atoms with Crippen LogP contribution in [0.1, 0.15) is 78.5 Å². The highest BCUT2D eigenvalue weighted by Crippen LogP contribution is 2.35. The van der Waals surface area contributed by atoms with Gasteiger partial charge in [-0.25, -0.2) is 0 Å². The molecule has 2 fully saturated rings. The third-order valence-electron chi connectivity index (χ3n) is 6.24. The predicted molar refractivity (Wildman–Crippen MR) is 102 cm³/mol. The van der Waals surface area contributed by atoms with Gasteiger partial charge in [-0.05, 0) is 43.9 Å². The van der Waals surface area contributed by atoms with Crippen molar-refractivity contribution in [1.82, 2.24) is 10.2 Å². The van der Waals surface area contributed by atoms with Crippen molar-refractivity contribution in [2.24, 2.45) is 0 Å². The fourth-order valence-corrected chi connectivity index (χ4v) is 4.72. The summed E-state index contributed by atoms with van der Waals surface area (Å²) < 4.78 is 0. The number of anilines is 1. The van der Waals surface area contributed by atoms with Crippen LogP contribution in [0.2, 0.25) is 0 Å². The second-order valence-electron chi connectivity index (χ2n) is 7.98. The molecule has 140 valence electrons. The fourth-order valence-electron chi connectivity index (χ4n) is 4.72. The highest BCUT2D eigenvalue weighted by Gasteiger charge is 2.38. The van der Waals surface area contributed by atoms with Crippen molar-refractivity contribution in [3.8, 4) is 0 Å². The average molecular weight is 355 g/mol. The zero-order valence-corrected chi connectivity index (χ0v) is 15.7. The predicted octanol–water partition coefficient (Wildman–Crippen LogP) is 3.54. The highest BCUT2D eigenvalue weighted by atomic mass is 16.2. The smallest absolute Gasteiger partial charge is 0.257 e. The molecule has 5 heteroatoms. The quantitative estimate of drug-likeness (QED) is 0.883. The average Bonchev–Trinajstić information content (AvgIpc) is 3.11. The first-order valence-corrected chi connectivity index (χ1v) is 10.1. The monoisotopic (exact) mass is 355 g/mol. The summed E-state index contributed by atoms with van der Waals surface area (Å²) in [4.78, 5) is 29.6. The number of hydrogen-bond donors (Lipinski definition) is 1. The number of amides is 2. The number of hydrogen-bond acceptors (Lipinski definition) is 3. The van der Waals surface area contributed by atoms with Gasteiger partial charge in [0.1, 0.15) is 6.17 Å². The van der Waals surface area contributed by atoms with Gasteiger partial charge in [-0.3, -0.25) is 9.59 Å². The lowest BCUT2D eigenvalue weighted by Gasteiger charge is -2.40. The molecule has 1 saturated heterocycles. The zero-order valence-electron chi connectivity index (χ0n) is 15.7. The van der Waals surface area contributed by atoms with Gasteiger partial charge >= 0.3 is 0 Å². The van der Waals surface area contributed by atoms with Gasteiger partial charge in [-0.15, -0.1) is 0 Å². The molecule has 4 rings (SSSR count). The van der Waals surface area contributed by atoms with Crippen LogP contribution in [-0.2, 0) is 0 Å². The number of carbonyl (C=O) groups is 2. The molecule has 1 aromatic rings. The maximum absolute atomic E-state index is 12.8. The summed E-state index contributed by atoms with van der Waals surface area (Å²) in [6, 6.07) is 5.82. The van der Waals surface area contributed by atoms with Crippen LogP contribution in [0.15, 0.2) is 18.2 Å². The van der Waals surface area contributed by atoms with Crippen LogP contribution in [0.4, 0.5) is 5.69 Å². The third-order valence-corrected chi connectivity index (χ3v) is 6.24. The molecule has 0 radical (unpaired) electrons. The van der Waals surface area contributed by atoms with Crippen LogP contribution in [0, 0.1) is 0 Å². The zero-order chi connectivity index (χ0) is 18.1. The molecule has 1 aliphatic carbocycles. The Morgan fingerprint density at radius 3 is 2.54 bits per heavy atom. The van der Waals surface area contributed by atoms with Crippen molar-refractivity contribution in [3.63, 3.8) is 0 Å². The van der Waals surface area contributed by atoms with E-state index in [1.807, 2.05) is 24.1 Å². The number of nitrogens with one attached hydrogen (secondary N) is 1. The highest BCUT2D eigenvalue weighted by molar-refractivity contribution is 6.04. The van der Waals surface area contributed by atoms with E-state index in [4.69, 9.17) is 0 Å². The minimum atomic E-state index is -0.00641. The molecule has 0 unspecified atom stereocenters. The summed E-state index contributed by atoms with van der Waals surface area (Å²) in [6.07, 6.45) is 10.6. The molecule has 5 nitrogen and oxygen atoms in total. The Kier molecular flexibility index (Phi) is 4.88. The van der Waals surface area contributed by atoms with Gasteiger partial charge < -0.3 is 15.1 Å². The van der Waals surface area contributed by atoms with Crippen LogP contribution >= 0.6 is 0 Å². The Morgan fingerprint density at radius 2 is 1.77 bits per heavy atom. The van der Waals surface area contributed by atoms with Crippen molar-refractivity contribution < 1.29 is 9.59 Å². The van der Waals surface area contributed by atoms with E-state index in [1.54, 1.807) is 6.07 Å². The van der Waals surface area contributed by atoms with E-state index in [0.29, 0.717) is 11.1 Å². The minimum absolute atomic E-state index is 0.00641. The lowest BCUT2D eigenvalue weighted by atomic mass is 9.96. The van der Waals surface area contributed by atoms with Crippen LogP contribution in [0.3, 0.4) is 0 Å². The van der Waals surface area contributed by atoms with Crippen molar-refractivity contribution in [1.29, 1.82) is 0 Å². The van der Waals surface area contributed by atoms with Gasteiger partial charge in [0.15, 0.2) is 0 Å². The van der Waals surface area contributed by atoms with E-state index in [-0.39, 0.29) is 24.0 Å². The first-order valence-electron chi connectivity index (χ1n) is 10.1. The largest absolute Gasteiger partial charge is 0.354 e. The summed E-state index contributed by atoms with van der Waals surface area (Å²) in [5.41, 5.74) is 2.27. The standard InChI is InChI=1S/C21H29N3O2/c1-23-18-14-15(20(25)22-16-8-5-3-2-4-6-9-16)11-12-17(18)21(26)24-13-7-10-19(23)24/h11-12,14,16,19H,2-10,13H2,1H3,(H,22,25)/t19-/m0/s1. The Bertz CT molecular complexity index is 694. The molecule has 3 aliphatic rings. The van der Waals surface area contributed by atoms with Gasteiger partial charge in [-0.1, -0.05) is 32.1 Å². The second kappa shape index (κ2) is 7.29. The van der Waals surface area contributed by atoms with Crippen molar-refractivity contribution in [2.75, 3.05) is 18.5 Å². The Labute approximate surface area is 155 Å². The molecular formula is C21H29N3O2. The maximum atomic E-state index is 12.8. The van der Waals surface area contributed by atoms with E-state index >= 15 is 0 Å². The summed E-state index contributed by atoms with van der Waals surface area (Å²) >= 11 is 0. The van der Waals surface area contributed by atoms with Gasteiger partial charge in [0.2, 0.25) is 0 Å². The third kappa shape index (κ3) is 3.19. The summed E-state index contributed by atoms with van der Waals surface area (Å²) in [5.74, 6) is 0.0978.